The summed E-state index contributed by atoms with van der Waals surface area (Å²) in [5.41, 5.74) is 0.495. The maximum Gasteiger partial charge on any atom is 0.410 e. The van der Waals surface area contributed by atoms with E-state index in [4.69, 9.17) is 8.92 Å². The molecule has 2 atom stereocenters. The van der Waals surface area contributed by atoms with Crippen LogP contribution in [0.4, 0.5) is 19.4 Å². The van der Waals surface area contributed by atoms with Crippen molar-refractivity contribution in [3.63, 3.8) is 0 Å². The number of aromatic nitrogens is 2. The van der Waals surface area contributed by atoms with Gasteiger partial charge < -0.3 is 14.5 Å². The zero-order valence-electron chi connectivity index (χ0n) is 24.8. The van der Waals surface area contributed by atoms with Crippen LogP contribution in [0.3, 0.4) is 0 Å². The lowest BCUT2D eigenvalue weighted by atomic mass is 9.97. The van der Waals surface area contributed by atoms with Gasteiger partial charge in [-0.05, 0) is 58.4 Å². The highest BCUT2D eigenvalue weighted by molar-refractivity contribution is 7.99. The van der Waals surface area contributed by atoms with E-state index in [0.717, 1.165) is 12.3 Å². The first-order chi connectivity index (χ1) is 20.0. The predicted molar refractivity (Wildman–Crippen MR) is 161 cm³/mol. The van der Waals surface area contributed by atoms with Gasteiger partial charge in [0.05, 0.1) is 18.3 Å². The average Bonchev–Trinajstić information content (AvgIpc) is 3.05. The molecule has 3 aromatic rings. The topological polar surface area (TPSA) is 111 Å². The van der Waals surface area contributed by atoms with Gasteiger partial charge in [0.25, 0.3) is 10.1 Å². The summed E-state index contributed by atoms with van der Waals surface area (Å²) in [5.74, 6) is -0.917. The van der Waals surface area contributed by atoms with Crippen molar-refractivity contribution in [3.05, 3.63) is 51.9 Å². The van der Waals surface area contributed by atoms with Crippen LogP contribution in [0.2, 0.25) is 0 Å². The molecule has 0 bridgehead atoms. The third-order valence-electron chi connectivity index (χ3n) is 7.26. The number of aryl methyl sites for hydroxylation is 1. The van der Waals surface area contributed by atoms with Gasteiger partial charge in [-0.25, -0.2) is 18.4 Å². The monoisotopic (exact) mass is 636 g/mol. The van der Waals surface area contributed by atoms with Crippen molar-refractivity contribution in [2.45, 2.75) is 63.8 Å². The van der Waals surface area contributed by atoms with Gasteiger partial charge in [-0.3, -0.25) is 8.75 Å². The Morgan fingerprint density at radius 3 is 2.49 bits per heavy atom. The molecule has 1 saturated heterocycles. The molecule has 3 heterocycles. The van der Waals surface area contributed by atoms with Crippen molar-refractivity contribution in [1.29, 1.82) is 0 Å². The van der Waals surface area contributed by atoms with Crippen molar-refractivity contribution in [1.82, 2.24) is 14.5 Å². The number of benzene rings is 2. The van der Waals surface area contributed by atoms with Crippen molar-refractivity contribution in [2.75, 3.05) is 36.5 Å². The number of hydrogen-bond donors (Lipinski definition) is 0. The first-order valence-corrected chi connectivity index (χ1v) is 16.6. The first-order valence-electron chi connectivity index (χ1n) is 13.8. The number of piperazine rings is 1. The standard InChI is InChI=1S/C29H34F2N4O6S2/c1-16-11-21-24-25(23(16)20-8-7-18(30)12-22(20)31)42-15-19(41-43(6,38)39)14-35(24)27(36)32-26(21)34-10-9-33(13-17(34)2)28(37)40-29(3,4)5/h7-8,11-12,17,19H,9-10,13-15H2,1-6H3/t17-,19-/m0/s1. The number of carbonyl (C=O) groups is 1. The van der Waals surface area contributed by atoms with Crippen LogP contribution in [0.1, 0.15) is 33.3 Å². The zero-order valence-corrected chi connectivity index (χ0v) is 26.4. The van der Waals surface area contributed by atoms with E-state index in [9.17, 15) is 22.4 Å². The molecule has 0 unspecified atom stereocenters. The molecule has 232 valence electrons. The summed E-state index contributed by atoms with van der Waals surface area (Å²) in [6, 6.07) is 4.92. The Hall–Kier alpha value is -3.23. The van der Waals surface area contributed by atoms with Crippen molar-refractivity contribution < 1.29 is 30.9 Å². The smallest absolute Gasteiger partial charge is 0.410 e. The largest absolute Gasteiger partial charge is 0.444 e. The number of hydrogen-bond acceptors (Lipinski definition) is 9. The Labute approximate surface area is 253 Å². The fourth-order valence-corrected chi connectivity index (χ4v) is 7.59. The fourth-order valence-electron chi connectivity index (χ4n) is 5.58. The summed E-state index contributed by atoms with van der Waals surface area (Å²) in [6.45, 7) is 10.1. The van der Waals surface area contributed by atoms with E-state index in [1.807, 2.05) is 17.9 Å². The van der Waals surface area contributed by atoms with Gasteiger partial charge in [0.15, 0.2) is 0 Å². The first kappa shape index (κ1) is 31.2. The Bertz CT molecular complexity index is 1770. The van der Waals surface area contributed by atoms with Gasteiger partial charge >= 0.3 is 11.8 Å². The Morgan fingerprint density at radius 1 is 1.14 bits per heavy atom. The molecule has 5 rings (SSSR count). The number of halogens is 2. The van der Waals surface area contributed by atoms with E-state index < -0.39 is 45.2 Å². The van der Waals surface area contributed by atoms with Crippen LogP contribution >= 0.6 is 11.8 Å². The van der Waals surface area contributed by atoms with Crippen LogP contribution < -0.4 is 10.6 Å². The normalized spacial score (nSPS) is 19.4. The molecule has 0 saturated carbocycles. The van der Waals surface area contributed by atoms with Gasteiger partial charge in [0.1, 0.15) is 29.2 Å². The summed E-state index contributed by atoms with van der Waals surface area (Å²) in [7, 11) is -3.85. The SMILES string of the molecule is Cc1cc2c(N3CCN(C(=O)OC(C)(C)C)C[C@@H]3C)nc(=O)n3c2c(c1-c1ccc(F)cc1F)SC[C@@H](OS(C)(=O)=O)C3. The van der Waals surface area contributed by atoms with E-state index in [0.29, 0.717) is 52.4 Å². The van der Waals surface area contributed by atoms with E-state index in [2.05, 4.69) is 4.98 Å². The highest BCUT2D eigenvalue weighted by atomic mass is 32.2. The predicted octanol–water partition coefficient (Wildman–Crippen LogP) is 4.55. The highest BCUT2D eigenvalue weighted by Gasteiger charge is 2.34. The summed E-state index contributed by atoms with van der Waals surface area (Å²) < 4.78 is 65.3. The summed E-state index contributed by atoms with van der Waals surface area (Å²) >= 11 is 1.25. The van der Waals surface area contributed by atoms with Crippen molar-refractivity contribution in [3.8, 4) is 11.1 Å². The average molecular weight is 637 g/mol. The number of thioether (sulfide) groups is 1. The van der Waals surface area contributed by atoms with Crippen LogP contribution in [-0.2, 0) is 25.6 Å². The number of carbonyl (C=O) groups excluding carboxylic acids is 1. The molecule has 43 heavy (non-hydrogen) atoms. The summed E-state index contributed by atoms with van der Waals surface area (Å²) in [4.78, 5) is 35.0. The summed E-state index contributed by atoms with van der Waals surface area (Å²) in [6.07, 6.45) is -0.365. The minimum Gasteiger partial charge on any atom is -0.444 e. The lowest BCUT2D eigenvalue weighted by Gasteiger charge is -2.41. The highest BCUT2D eigenvalue weighted by Crippen LogP contribution is 2.44. The fraction of sp³-hybridized carbons (Fsp3) is 0.483. The van der Waals surface area contributed by atoms with E-state index in [1.165, 1.54) is 28.5 Å². The molecule has 0 aliphatic carbocycles. The van der Waals surface area contributed by atoms with E-state index >= 15 is 4.39 Å². The molecule has 2 aliphatic heterocycles. The number of amides is 1. The van der Waals surface area contributed by atoms with E-state index in [1.54, 1.807) is 32.6 Å². The van der Waals surface area contributed by atoms with Gasteiger partial charge in [-0.15, -0.1) is 11.8 Å². The Balaban J connectivity index is 1.66. The lowest BCUT2D eigenvalue weighted by molar-refractivity contribution is 0.0218. The molecule has 0 radical (unpaired) electrons. The van der Waals surface area contributed by atoms with Crippen LogP contribution in [0, 0.1) is 18.6 Å². The second kappa shape index (κ2) is 11.4. The minimum absolute atomic E-state index is 0.0912. The zero-order chi connectivity index (χ0) is 31.4. The molecule has 14 heteroatoms. The third-order valence-corrected chi connectivity index (χ3v) is 9.10. The van der Waals surface area contributed by atoms with Gasteiger partial charge in [-0.2, -0.15) is 13.4 Å². The Kier molecular flexibility index (Phi) is 8.24. The number of rotatable bonds is 4. The summed E-state index contributed by atoms with van der Waals surface area (Å²) in [5, 5.41) is 0.614. The van der Waals surface area contributed by atoms with Crippen molar-refractivity contribution in [2.24, 2.45) is 0 Å². The molecule has 10 nitrogen and oxygen atoms in total. The van der Waals surface area contributed by atoms with Crippen LogP contribution in [0.5, 0.6) is 0 Å². The van der Waals surface area contributed by atoms with Gasteiger partial charge in [0.2, 0.25) is 0 Å². The Morgan fingerprint density at radius 2 is 1.86 bits per heavy atom. The lowest BCUT2D eigenvalue weighted by Crippen LogP contribution is -2.55. The quantitative estimate of drug-likeness (QED) is 0.381. The molecule has 1 amide bonds. The van der Waals surface area contributed by atoms with Gasteiger partial charge in [-0.1, -0.05) is 0 Å². The molecule has 2 aromatic carbocycles. The molecule has 2 aliphatic rings. The second-order valence-corrected chi connectivity index (χ2v) is 14.6. The number of anilines is 1. The van der Waals surface area contributed by atoms with Crippen LogP contribution in [-0.4, -0.2) is 78.4 Å². The number of ether oxygens (including phenoxy) is 1. The number of nitrogens with zero attached hydrogens (tertiary/aromatic N) is 4. The molecule has 1 aromatic heterocycles. The van der Waals surface area contributed by atoms with Crippen LogP contribution in [0.15, 0.2) is 34.0 Å². The maximum atomic E-state index is 15.2. The third kappa shape index (κ3) is 6.50. The van der Waals surface area contributed by atoms with Crippen LogP contribution in [0.25, 0.3) is 22.0 Å². The molecular weight excluding hydrogens is 602 g/mol. The maximum absolute atomic E-state index is 15.2. The minimum atomic E-state index is -3.85. The molecule has 0 spiro atoms. The second-order valence-electron chi connectivity index (χ2n) is 11.9. The van der Waals surface area contributed by atoms with Gasteiger partial charge in [0, 0.05) is 58.9 Å². The molecule has 0 N–H and O–H groups in total. The van der Waals surface area contributed by atoms with Crippen molar-refractivity contribution >= 4 is 44.7 Å². The molecule has 1 fully saturated rings. The van der Waals surface area contributed by atoms with E-state index in [-0.39, 0.29) is 23.9 Å². The molecular formula is C29H34F2N4O6S2.